The maximum absolute atomic E-state index is 12.5. The number of sulfonamides is 1. The topological polar surface area (TPSA) is 79.0 Å². The molecule has 4 rings (SSSR count). The third-order valence-electron chi connectivity index (χ3n) is 6.77. The molecule has 0 radical (unpaired) electrons. The van der Waals surface area contributed by atoms with E-state index in [1.54, 1.807) is 24.3 Å². The van der Waals surface area contributed by atoms with Crippen LogP contribution in [-0.4, -0.2) is 69.9 Å². The molecule has 31 heavy (non-hydrogen) atoms. The number of hydrogen-bond donors (Lipinski definition) is 1. The first-order valence-corrected chi connectivity index (χ1v) is 13.0. The Labute approximate surface area is 185 Å². The van der Waals surface area contributed by atoms with Gasteiger partial charge in [-0.1, -0.05) is 31.4 Å². The molecular weight excluding hydrogens is 414 g/mol. The standard InChI is InChI=1S/C23H33N3O4S/c27-22(24-19-23(11-2-1-3-12-23)25-14-16-30-17-15-25)10-7-20-5-8-21(9-6-20)26-13-4-18-31(26,28)29/h5-10H,1-4,11-19H2,(H,24,27)/b10-7+. The molecule has 3 aliphatic rings. The van der Waals surface area contributed by atoms with Gasteiger partial charge in [0.25, 0.3) is 0 Å². The largest absolute Gasteiger partial charge is 0.379 e. The lowest BCUT2D eigenvalue weighted by Crippen LogP contribution is -2.59. The van der Waals surface area contributed by atoms with Gasteiger partial charge in [-0.15, -0.1) is 0 Å². The fraction of sp³-hybridized carbons (Fsp3) is 0.609. The summed E-state index contributed by atoms with van der Waals surface area (Å²) >= 11 is 0. The van der Waals surface area contributed by atoms with Crippen LogP contribution in [0.1, 0.15) is 44.1 Å². The van der Waals surface area contributed by atoms with Crippen LogP contribution in [0, 0.1) is 0 Å². The second kappa shape index (κ2) is 9.71. The van der Waals surface area contributed by atoms with Crippen molar-refractivity contribution in [1.29, 1.82) is 0 Å². The predicted molar refractivity (Wildman–Crippen MR) is 122 cm³/mol. The van der Waals surface area contributed by atoms with Crippen molar-refractivity contribution < 1.29 is 17.9 Å². The molecule has 0 unspecified atom stereocenters. The number of ether oxygens (including phenoxy) is 1. The van der Waals surface area contributed by atoms with Crippen LogP contribution in [0.4, 0.5) is 5.69 Å². The Morgan fingerprint density at radius 1 is 1.03 bits per heavy atom. The Kier molecular flexibility index (Phi) is 6.99. The fourth-order valence-corrected chi connectivity index (χ4v) is 6.58. The van der Waals surface area contributed by atoms with Crippen LogP contribution in [0.2, 0.25) is 0 Å². The summed E-state index contributed by atoms with van der Waals surface area (Å²) in [6.45, 7) is 4.61. The van der Waals surface area contributed by atoms with E-state index in [9.17, 15) is 13.2 Å². The van der Waals surface area contributed by atoms with Crippen LogP contribution in [0.5, 0.6) is 0 Å². The zero-order valence-corrected chi connectivity index (χ0v) is 18.9. The summed E-state index contributed by atoms with van der Waals surface area (Å²) in [5.74, 6) is 0.116. The molecule has 8 heteroatoms. The molecule has 2 saturated heterocycles. The lowest BCUT2D eigenvalue weighted by atomic mass is 9.79. The summed E-state index contributed by atoms with van der Waals surface area (Å²) in [7, 11) is -3.17. The number of nitrogens with one attached hydrogen (secondary N) is 1. The highest BCUT2D eigenvalue weighted by molar-refractivity contribution is 7.93. The molecule has 2 heterocycles. The van der Waals surface area contributed by atoms with E-state index in [-0.39, 0.29) is 17.2 Å². The van der Waals surface area contributed by atoms with Crippen molar-refractivity contribution in [3.05, 3.63) is 35.9 Å². The molecule has 0 aromatic heterocycles. The van der Waals surface area contributed by atoms with Crippen molar-refractivity contribution in [2.24, 2.45) is 0 Å². The highest BCUT2D eigenvalue weighted by atomic mass is 32.2. The molecule has 3 fully saturated rings. The Morgan fingerprint density at radius 3 is 2.39 bits per heavy atom. The number of hydrogen-bond acceptors (Lipinski definition) is 5. The van der Waals surface area contributed by atoms with Gasteiger partial charge < -0.3 is 10.1 Å². The average Bonchev–Trinajstić information content (AvgIpc) is 3.17. The second-order valence-electron chi connectivity index (χ2n) is 8.77. The molecule has 7 nitrogen and oxygen atoms in total. The van der Waals surface area contributed by atoms with Crippen molar-refractivity contribution in [3.8, 4) is 0 Å². The second-order valence-corrected chi connectivity index (χ2v) is 10.8. The van der Waals surface area contributed by atoms with Gasteiger partial charge in [0.15, 0.2) is 0 Å². The lowest BCUT2D eigenvalue weighted by molar-refractivity contribution is -0.117. The lowest BCUT2D eigenvalue weighted by Gasteiger charge is -2.48. The highest BCUT2D eigenvalue weighted by Crippen LogP contribution is 2.34. The van der Waals surface area contributed by atoms with Gasteiger partial charge in [0.05, 0.1) is 24.7 Å². The van der Waals surface area contributed by atoms with Gasteiger partial charge in [0.2, 0.25) is 15.9 Å². The summed E-state index contributed by atoms with van der Waals surface area (Å²) in [4.78, 5) is 15.0. The summed E-state index contributed by atoms with van der Waals surface area (Å²) in [6.07, 6.45) is 9.95. The maximum Gasteiger partial charge on any atom is 0.244 e. The first-order valence-electron chi connectivity index (χ1n) is 11.4. The number of morpholine rings is 1. The van der Waals surface area contributed by atoms with Crippen molar-refractivity contribution >= 4 is 27.7 Å². The van der Waals surface area contributed by atoms with Gasteiger partial charge >= 0.3 is 0 Å². The van der Waals surface area contributed by atoms with E-state index >= 15 is 0 Å². The molecule has 2 aliphatic heterocycles. The van der Waals surface area contributed by atoms with Gasteiger partial charge in [0, 0.05) is 37.8 Å². The van der Waals surface area contributed by atoms with E-state index in [0.717, 1.165) is 44.7 Å². The predicted octanol–water partition coefficient (Wildman–Crippen LogP) is 2.39. The number of anilines is 1. The summed E-state index contributed by atoms with van der Waals surface area (Å²) < 4.78 is 31.1. The van der Waals surface area contributed by atoms with Crippen LogP contribution in [0.3, 0.4) is 0 Å². The van der Waals surface area contributed by atoms with E-state index < -0.39 is 10.0 Å². The van der Waals surface area contributed by atoms with E-state index in [1.807, 2.05) is 12.1 Å². The average molecular weight is 448 g/mol. The van der Waals surface area contributed by atoms with Crippen molar-refractivity contribution in [2.75, 3.05) is 49.5 Å². The third kappa shape index (κ3) is 5.30. The van der Waals surface area contributed by atoms with E-state index in [4.69, 9.17) is 4.74 Å². The molecule has 0 spiro atoms. The number of amides is 1. The zero-order valence-electron chi connectivity index (χ0n) is 18.1. The Hall–Kier alpha value is -1.90. The molecular formula is C23H33N3O4S. The van der Waals surface area contributed by atoms with Gasteiger partial charge in [-0.25, -0.2) is 8.42 Å². The van der Waals surface area contributed by atoms with E-state index in [0.29, 0.717) is 25.2 Å². The normalized spacial score (nSPS) is 23.8. The van der Waals surface area contributed by atoms with Crippen molar-refractivity contribution in [1.82, 2.24) is 10.2 Å². The first-order chi connectivity index (χ1) is 15.0. The van der Waals surface area contributed by atoms with Crippen LogP contribution in [0.25, 0.3) is 6.08 Å². The molecule has 1 N–H and O–H groups in total. The number of carbonyl (C=O) groups excluding carboxylic acids is 1. The minimum Gasteiger partial charge on any atom is -0.379 e. The van der Waals surface area contributed by atoms with Gasteiger partial charge in [-0.05, 0) is 43.0 Å². The zero-order chi connectivity index (χ0) is 21.7. The third-order valence-corrected chi connectivity index (χ3v) is 8.63. The number of carbonyl (C=O) groups is 1. The highest BCUT2D eigenvalue weighted by Gasteiger charge is 2.38. The van der Waals surface area contributed by atoms with Gasteiger partial charge in [0.1, 0.15) is 0 Å². The van der Waals surface area contributed by atoms with E-state index in [1.165, 1.54) is 23.6 Å². The molecule has 0 bridgehead atoms. The molecule has 0 atom stereocenters. The number of rotatable bonds is 6. The SMILES string of the molecule is O=C(/C=C/c1ccc(N2CCCS2(=O)=O)cc1)NCC1(N2CCOCC2)CCCCC1. The van der Waals surface area contributed by atoms with Crippen molar-refractivity contribution in [2.45, 2.75) is 44.1 Å². The van der Waals surface area contributed by atoms with Crippen molar-refractivity contribution in [3.63, 3.8) is 0 Å². The monoisotopic (exact) mass is 447 g/mol. The molecule has 1 aromatic rings. The summed E-state index contributed by atoms with van der Waals surface area (Å²) in [5, 5.41) is 3.13. The van der Waals surface area contributed by atoms with E-state index in [2.05, 4.69) is 10.2 Å². The molecule has 1 saturated carbocycles. The number of nitrogens with zero attached hydrogens (tertiary/aromatic N) is 2. The molecule has 1 aliphatic carbocycles. The summed E-state index contributed by atoms with van der Waals surface area (Å²) in [5.41, 5.74) is 1.61. The molecule has 1 amide bonds. The Balaban J connectivity index is 1.34. The molecule has 170 valence electrons. The van der Waals surface area contributed by atoms with Crippen LogP contribution in [0.15, 0.2) is 30.3 Å². The van der Waals surface area contributed by atoms with Crippen LogP contribution in [-0.2, 0) is 19.6 Å². The Bertz CT molecular complexity index is 886. The maximum atomic E-state index is 12.5. The van der Waals surface area contributed by atoms with Crippen LogP contribution < -0.4 is 9.62 Å². The summed E-state index contributed by atoms with van der Waals surface area (Å²) in [6, 6.07) is 7.30. The van der Waals surface area contributed by atoms with Gasteiger partial charge in [-0.3, -0.25) is 14.0 Å². The van der Waals surface area contributed by atoms with Crippen LogP contribution >= 0.6 is 0 Å². The Morgan fingerprint density at radius 2 is 1.74 bits per heavy atom. The fourth-order valence-electron chi connectivity index (χ4n) is 5.02. The smallest absolute Gasteiger partial charge is 0.244 e. The number of benzene rings is 1. The van der Waals surface area contributed by atoms with Gasteiger partial charge in [-0.2, -0.15) is 0 Å². The minimum atomic E-state index is -3.17. The molecule has 1 aromatic carbocycles. The first kappa shape index (κ1) is 22.3. The minimum absolute atomic E-state index is 0.0500. The quantitative estimate of drug-likeness (QED) is 0.678.